The van der Waals surface area contributed by atoms with Crippen molar-refractivity contribution < 1.29 is 22.3 Å². The maximum absolute atomic E-state index is 13.6. The number of methoxy groups -OCH3 is 2. The predicted octanol–water partition coefficient (Wildman–Crippen LogP) is 3.44. The molecule has 4 rings (SSSR count). The van der Waals surface area contributed by atoms with Gasteiger partial charge in [0.05, 0.1) is 25.2 Å². The molecular formula is C21H21FN2O4S. The van der Waals surface area contributed by atoms with Crippen LogP contribution in [0.4, 0.5) is 4.39 Å². The van der Waals surface area contributed by atoms with Gasteiger partial charge in [-0.2, -0.15) is 4.31 Å². The summed E-state index contributed by atoms with van der Waals surface area (Å²) in [6.07, 6.45) is 1.92. The Morgan fingerprint density at radius 1 is 0.966 bits per heavy atom. The molecule has 2 aromatic carbocycles. The first-order valence-corrected chi connectivity index (χ1v) is 10.5. The lowest BCUT2D eigenvalue weighted by Gasteiger charge is -2.36. The molecule has 1 aromatic heterocycles. The second-order valence-corrected chi connectivity index (χ2v) is 8.60. The SMILES string of the molecule is COc1ccc(S(=O)(=O)N2CCn3cccc3[C@@H]2c2ccc(F)cc2)cc1OC. The first-order valence-electron chi connectivity index (χ1n) is 9.10. The molecule has 152 valence electrons. The first-order chi connectivity index (χ1) is 14.0. The fourth-order valence-corrected chi connectivity index (χ4v) is 5.31. The Morgan fingerprint density at radius 3 is 2.38 bits per heavy atom. The van der Waals surface area contributed by atoms with Crippen LogP contribution in [0.15, 0.2) is 65.7 Å². The minimum Gasteiger partial charge on any atom is -0.493 e. The molecule has 1 aliphatic heterocycles. The van der Waals surface area contributed by atoms with Crippen LogP contribution in [0, 0.1) is 5.82 Å². The van der Waals surface area contributed by atoms with E-state index in [1.807, 2.05) is 22.9 Å². The van der Waals surface area contributed by atoms with E-state index >= 15 is 0 Å². The molecule has 0 unspecified atom stereocenters. The van der Waals surface area contributed by atoms with Crippen molar-refractivity contribution in [2.45, 2.75) is 17.5 Å². The van der Waals surface area contributed by atoms with E-state index in [-0.39, 0.29) is 10.7 Å². The lowest BCUT2D eigenvalue weighted by atomic mass is 10.0. The molecule has 2 heterocycles. The zero-order chi connectivity index (χ0) is 20.6. The third kappa shape index (κ3) is 3.38. The number of hydrogen-bond acceptors (Lipinski definition) is 4. The van der Waals surface area contributed by atoms with E-state index in [2.05, 4.69) is 0 Å². The van der Waals surface area contributed by atoms with Crippen LogP contribution >= 0.6 is 0 Å². The highest BCUT2D eigenvalue weighted by Gasteiger charge is 2.38. The van der Waals surface area contributed by atoms with Crippen LogP contribution in [0.2, 0.25) is 0 Å². The summed E-state index contributed by atoms with van der Waals surface area (Å²) < 4.78 is 54.6. The van der Waals surface area contributed by atoms with Crippen LogP contribution in [0.1, 0.15) is 17.3 Å². The molecule has 0 radical (unpaired) electrons. The smallest absolute Gasteiger partial charge is 0.244 e. The summed E-state index contributed by atoms with van der Waals surface area (Å²) in [6.45, 7) is 0.826. The third-order valence-electron chi connectivity index (χ3n) is 5.14. The number of halogens is 1. The van der Waals surface area contributed by atoms with Crippen LogP contribution in [-0.4, -0.2) is 38.1 Å². The summed E-state index contributed by atoms with van der Waals surface area (Å²) in [5, 5.41) is 0. The molecule has 0 saturated carbocycles. The molecule has 1 atom stereocenters. The Bertz CT molecular complexity index is 1130. The Labute approximate surface area is 169 Å². The van der Waals surface area contributed by atoms with Crippen molar-refractivity contribution in [2.24, 2.45) is 0 Å². The summed E-state index contributed by atoms with van der Waals surface area (Å²) >= 11 is 0. The van der Waals surface area contributed by atoms with Gasteiger partial charge in [0, 0.05) is 31.0 Å². The van der Waals surface area contributed by atoms with Gasteiger partial charge in [0.25, 0.3) is 0 Å². The monoisotopic (exact) mass is 416 g/mol. The molecular weight excluding hydrogens is 395 g/mol. The van der Waals surface area contributed by atoms with Gasteiger partial charge in [0.2, 0.25) is 10.0 Å². The van der Waals surface area contributed by atoms with Gasteiger partial charge in [-0.1, -0.05) is 12.1 Å². The Hall–Kier alpha value is -2.84. The summed E-state index contributed by atoms with van der Waals surface area (Å²) in [7, 11) is -0.900. The first kappa shape index (κ1) is 19.5. The lowest BCUT2D eigenvalue weighted by Crippen LogP contribution is -2.42. The maximum atomic E-state index is 13.6. The molecule has 6 nitrogen and oxygen atoms in total. The highest BCUT2D eigenvalue weighted by molar-refractivity contribution is 7.89. The molecule has 0 bridgehead atoms. The van der Waals surface area contributed by atoms with Crippen molar-refractivity contribution in [1.29, 1.82) is 0 Å². The largest absolute Gasteiger partial charge is 0.493 e. The van der Waals surface area contributed by atoms with Gasteiger partial charge in [0.1, 0.15) is 5.82 Å². The van der Waals surface area contributed by atoms with E-state index in [1.165, 1.54) is 42.8 Å². The number of benzene rings is 2. The van der Waals surface area contributed by atoms with Gasteiger partial charge in [0.15, 0.2) is 11.5 Å². The van der Waals surface area contributed by atoms with Crippen LogP contribution in [0.3, 0.4) is 0 Å². The quantitative estimate of drug-likeness (QED) is 0.639. The van der Waals surface area contributed by atoms with Crippen LogP contribution in [0.5, 0.6) is 11.5 Å². The van der Waals surface area contributed by atoms with E-state index in [1.54, 1.807) is 18.2 Å². The number of fused-ring (bicyclic) bond motifs is 1. The lowest BCUT2D eigenvalue weighted by molar-refractivity contribution is 0.298. The molecule has 0 amide bonds. The van der Waals surface area contributed by atoms with Crippen LogP contribution < -0.4 is 9.47 Å². The number of sulfonamides is 1. The molecule has 0 saturated heterocycles. The Balaban J connectivity index is 1.82. The molecule has 3 aromatic rings. The molecule has 8 heteroatoms. The highest BCUT2D eigenvalue weighted by Crippen LogP contribution is 2.38. The van der Waals surface area contributed by atoms with Gasteiger partial charge in [-0.05, 0) is 42.0 Å². The molecule has 0 N–H and O–H groups in total. The van der Waals surface area contributed by atoms with E-state index in [0.29, 0.717) is 30.2 Å². The molecule has 0 fully saturated rings. The van der Waals surface area contributed by atoms with Gasteiger partial charge < -0.3 is 14.0 Å². The van der Waals surface area contributed by atoms with Crippen LogP contribution in [-0.2, 0) is 16.6 Å². The summed E-state index contributed by atoms with van der Waals surface area (Å²) in [4.78, 5) is 0.113. The minimum absolute atomic E-state index is 0.113. The van der Waals surface area contributed by atoms with Gasteiger partial charge in [-0.25, -0.2) is 12.8 Å². The summed E-state index contributed by atoms with van der Waals surface area (Å²) in [5.41, 5.74) is 1.54. The highest BCUT2D eigenvalue weighted by atomic mass is 32.2. The number of aromatic nitrogens is 1. The standard InChI is InChI=1S/C21H21FN2O4S/c1-27-19-10-9-17(14-20(19)28-2)29(25,26)24-13-12-23-11-3-4-18(23)21(24)15-5-7-16(22)8-6-15/h3-11,14,21H,12-13H2,1-2H3/t21-/m0/s1. The summed E-state index contributed by atoms with van der Waals surface area (Å²) in [6, 6.07) is 13.7. The zero-order valence-electron chi connectivity index (χ0n) is 16.1. The van der Waals surface area contributed by atoms with E-state index in [4.69, 9.17) is 9.47 Å². The molecule has 29 heavy (non-hydrogen) atoms. The number of hydrogen-bond donors (Lipinski definition) is 0. The van der Waals surface area contributed by atoms with Crippen molar-refractivity contribution in [3.8, 4) is 11.5 Å². The van der Waals surface area contributed by atoms with Crippen molar-refractivity contribution in [2.75, 3.05) is 20.8 Å². The van der Waals surface area contributed by atoms with Crippen molar-refractivity contribution in [1.82, 2.24) is 8.87 Å². The van der Waals surface area contributed by atoms with Crippen molar-refractivity contribution in [3.63, 3.8) is 0 Å². The minimum atomic E-state index is -3.86. The van der Waals surface area contributed by atoms with E-state index < -0.39 is 16.1 Å². The molecule has 0 aliphatic carbocycles. The molecule has 1 aliphatic rings. The van der Waals surface area contributed by atoms with E-state index in [9.17, 15) is 12.8 Å². The predicted molar refractivity (Wildman–Crippen MR) is 106 cm³/mol. The summed E-state index contributed by atoms with van der Waals surface area (Å²) in [5.74, 6) is 0.426. The Kier molecular flexibility index (Phi) is 5.06. The van der Waals surface area contributed by atoms with Crippen molar-refractivity contribution in [3.05, 3.63) is 77.9 Å². The number of ether oxygens (including phenoxy) is 2. The second-order valence-electron chi connectivity index (χ2n) is 6.71. The average Bonchev–Trinajstić information content (AvgIpc) is 3.22. The normalized spacial score (nSPS) is 17.0. The fraction of sp³-hybridized carbons (Fsp3) is 0.238. The topological polar surface area (TPSA) is 60.8 Å². The average molecular weight is 416 g/mol. The maximum Gasteiger partial charge on any atom is 0.244 e. The van der Waals surface area contributed by atoms with Gasteiger partial charge >= 0.3 is 0 Å². The van der Waals surface area contributed by atoms with E-state index in [0.717, 1.165) is 5.69 Å². The fourth-order valence-electron chi connectivity index (χ4n) is 3.72. The van der Waals surface area contributed by atoms with Crippen LogP contribution in [0.25, 0.3) is 0 Å². The van der Waals surface area contributed by atoms with Gasteiger partial charge in [-0.3, -0.25) is 0 Å². The van der Waals surface area contributed by atoms with Crippen molar-refractivity contribution >= 4 is 10.0 Å². The number of nitrogens with zero attached hydrogens (tertiary/aromatic N) is 2. The number of rotatable bonds is 5. The molecule has 0 spiro atoms. The second kappa shape index (κ2) is 7.53. The zero-order valence-corrected chi connectivity index (χ0v) is 16.9. The van der Waals surface area contributed by atoms with Gasteiger partial charge in [-0.15, -0.1) is 0 Å². The third-order valence-corrected chi connectivity index (χ3v) is 7.00. The Morgan fingerprint density at radius 2 is 1.69 bits per heavy atom.